The molecule has 14 heavy (non-hydrogen) atoms. The van der Waals surface area contributed by atoms with Crippen LogP contribution in [0.5, 0.6) is 0 Å². The minimum Gasteiger partial charge on any atom is -0.361 e. The summed E-state index contributed by atoms with van der Waals surface area (Å²) < 4.78 is 1.99. The summed E-state index contributed by atoms with van der Waals surface area (Å²) in [6, 6.07) is 8.34. The predicted octanol–water partition coefficient (Wildman–Crippen LogP) is 2.35. The lowest BCUT2D eigenvalue weighted by molar-refractivity contribution is 1.06. The molecule has 3 heteroatoms. The van der Waals surface area contributed by atoms with Crippen LogP contribution >= 0.6 is 0 Å². The average Bonchev–Trinajstić information content (AvgIpc) is 2.88. The smallest absolute Gasteiger partial charge is 0.0991 e. The highest BCUT2D eigenvalue weighted by molar-refractivity contribution is 5.81. The van der Waals surface area contributed by atoms with Gasteiger partial charge in [-0.15, -0.1) is 0 Å². The minimum absolute atomic E-state index is 1.13. The highest BCUT2D eigenvalue weighted by atomic mass is 15.0. The molecule has 0 aliphatic rings. The fourth-order valence-corrected chi connectivity index (χ4v) is 1.61. The first-order valence-corrected chi connectivity index (χ1v) is 4.49. The van der Waals surface area contributed by atoms with Crippen LogP contribution in [0.1, 0.15) is 0 Å². The molecule has 0 bridgehead atoms. The van der Waals surface area contributed by atoms with E-state index in [1.807, 2.05) is 17.0 Å². The van der Waals surface area contributed by atoms with Crippen molar-refractivity contribution in [2.24, 2.45) is 0 Å². The van der Waals surface area contributed by atoms with Gasteiger partial charge in [-0.1, -0.05) is 0 Å². The van der Waals surface area contributed by atoms with Crippen molar-refractivity contribution < 1.29 is 0 Å². The van der Waals surface area contributed by atoms with Gasteiger partial charge < -0.3 is 9.55 Å². The van der Waals surface area contributed by atoms with E-state index in [9.17, 15) is 0 Å². The Morgan fingerprint density at radius 2 is 2.21 bits per heavy atom. The van der Waals surface area contributed by atoms with Crippen molar-refractivity contribution in [3.63, 3.8) is 0 Å². The van der Waals surface area contributed by atoms with Crippen molar-refractivity contribution in [3.8, 4) is 5.69 Å². The van der Waals surface area contributed by atoms with Crippen molar-refractivity contribution in [2.45, 2.75) is 0 Å². The zero-order chi connectivity index (χ0) is 9.38. The number of H-pyrrole nitrogens is 1. The van der Waals surface area contributed by atoms with Crippen LogP contribution in [0, 0.1) is 0 Å². The van der Waals surface area contributed by atoms with E-state index in [0.29, 0.717) is 0 Å². The lowest BCUT2D eigenvalue weighted by atomic mass is 10.2. The molecule has 68 valence electrons. The first-order chi connectivity index (χ1) is 6.93. The summed E-state index contributed by atoms with van der Waals surface area (Å²) in [4.78, 5) is 7.19. The molecule has 0 aliphatic carbocycles. The van der Waals surface area contributed by atoms with Crippen LogP contribution in [-0.2, 0) is 0 Å². The van der Waals surface area contributed by atoms with Crippen LogP contribution in [0.15, 0.2) is 49.2 Å². The van der Waals surface area contributed by atoms with Gasteiger partial charge in [-0.25, -0.2) is 4.98 Å². The van der Waals surface area contributed by atoms with Crippen molar-refractivity contribution in [3.05, 3.63) is 49.2 Å². The Morgan fingerprint density at radius 1 is 1.21 bits per heavy atom. The molecule has 2 aromatic heterocycles. The number of rotatable bonds is 1. The van der Waals surface area contributed by atoms with E-state index in [1.165, 1.54) is 5.39 Å². The maximum atomic E-state index is 4.02. The number of nitrogens with one attached hydrogen (secondary N) is 1. The Kier molecular flexibility index (Phi) is 1.44. The molecule has 0 radical (unpaired) electrons. The zero-order valence-corrected chi connectivity index (χ0v) is 7.51. The molecule has 1 aromatic carbocycles. The van der Waals surface area contributed by atoms with Crippen LogP contribution < -0.4 is 0 Å². The fourth-order valence-electron chi connectivity index (χ4n) is 1.61. The summed E-state index contributed by atoms with van der Waals surface area (Å²) in [5, 5.41) is 1.22. The number of nitrogens with zero attached hydrogens (tertiary/aromatic N) is 2. The fraction of sp³-hybridized carbons (Fsp3) is 0. The van der Waals surface area contributed by atoms with E-state index in [0.717, 1.165) is 11.2 Å². The lowest BCUT2D eigenvalue weighted by Crippen LogP contribution is -1.88. The van der Waals surface area contributed by atoms with E-state index in [1.54, 1.807) is 12.5 Å². The third-order valence-electron chi connectivity index (χ3n) is 2.34. The lowest BCUT2D eigenvalue weighted by Gasteiger charge is -2.01. The van der Waals surface area contributed by atoms with Crippen molar-refractivity contribution >= 4 is 10.9 Å². The highest BCUT2D eigenvalue weighted by Crippen LogP contribution is 2.16. The molecule has 3 aromatic rings. The summed E-state index contributed by atoms with van der Waals surface area (Å²) in [6.07, 6.45) is 7.46. The molecule has 0 fully saturated rings. The van der Waals surface area contributed by atoms with Crippen LogP contribution in [0.25, 0.3) is 16.6 Å². The molecular formula is C11H9N3. The number of fused-ring (bicyclic) bond motifs is 1. The number of imidazole rings is 1. The quantitative estimate of drug-likeness (QED) is 0.617. The Morgan fingerprint density at radius 3 is 3.07 bits per heavy atom. The second-order valence-electron chi connectivity index (χ2n) is 3.22. The van der Waals surface area contributed by atoms with Gasteiger partial charge in [-0.3, -0.25) is 0 Å². The van der Waals surface area contributed by atoms with Gasteiger partial charge in [0, 0.05) is 35.2 Å². The molecule has 0 atom stereocenters. The average molecular weight is 183 g/mol. The number of hydrogen-bond donors (Lipinski definition) is 1. The monoisotopic (exact) mass is 183 g/mol. The molecule has 3 nitrogen and oxygen atoms in total. The maximum absolute atomic E-state index is 4.02. The number of benzene rings is 1. The van der Waals surface area contributed by atoms with E-state index in [4.69, 9.17) is 0 Å². The van der Waals surface area contributed by atoms with Gasteiger partial charge in [-0.05, 0) is 24.3 Å². The van der Waals surface area contributed by atoms with Gasteiger partial charge in [0.2, 0.25) is 0 Å². The molecule has 0 unspecified atom stereocenters. The van der Waals surface area contributed by atoms with E-state index in [-0.39, 0.29) is 0 Å². The van der Waals surface area contributed by atoms with E-state index in [2.05, 4.69) is 34.2 Å². The summed E-state index contributed by atoms with van der Waals surface area (Å²) >= 11 is 0. The van der Waals surface area contributed by atoms with Crippen LogP contribution in [0.2, 0.25) is 0 Å². The number of aromatic nitrogens is 3. The zero-order valence-electron chi connectivity index (χ0n) is 7.51. The molecule has 0 saturated heterocycles. The van der Waals surface area contributed by atoms with E-state index < -0.39 is 0 Å². The Bertz CT molecular complexity index is 549. The molecule has 0 aliphatic heterocycles. The Balaban J connectivity index is 2.23. The van der Waals surface area contributed by atoms with Crippen molar-refractivity contribution in [2.75, 3.05) is 0 Å². The second kappa shape index (κ2) is 2.73. The van der Waals surface area contributed by atoms with Crippen molar-refractivity contribution in [1.29, 1.82) is 0 Å². The molecule has 0 saturated carbocycles. The second-order valence-corrected chi connectivity index (χ2v) is 3.22. The molecule has 0 amide bonds. The van der Waals surface area contributed by atoms with E-state index >= 15 is 0 Å². The third kappa shape index (κ3) is 1.03. The normalized spacial score (nSPS) is 10.9. The highest BCUT2D eigenvalue weighted by Gasteiger charge is 1.97. The van der Waals surface area contributed by atoms with Gasteiger partial charge >= 0.3 is 0 Å². The molecule has 3 rings (SSSR count). The number of hydrogen-bond acceptors (Lipinski definition) is 1. The van der Waals surface area contributed by atoms with Gasteiger partial charge in [0.05, 0.1) is 6.33 Å². The minimum atomic E-state index is 1.13. The van der Waals surface area contributed by atoms with Crippen LogP contribution in [0.4, 0.5) is 0 Å². The summed E-state index contributed by atoms with van der Waals surface area (Å²) in [5.41, 5.74) is 2.29. The van der Waals surface area contributed by atoms with Crippen LogP contribution in [-0.4, -0.2) is 14.5 Å². The molecule has 2 heterocycles. The Hall–Kier alpha value is -2.03. The molecular weight excluding hydrogens is 174 g/mol. The SMILES string of the molecule is c1cn(-c2ccc3[nH]ccc3c2)cn1. The summed E-state index contributed by atoms with van der Waals surface area (Å²) in [6.45, 7) is 0. The third-order valence-corrected chi connectivity index (χ3v) is 2.34. The standard InChI is InChI=1S/C11H9N3/c1-2-11-9(3-4-13-11)7-10(1)14-6-5-12-8-14/h1-8,13H. The summed E-state index contributed by atoms with van der Waals surface area (Å²) in [7, 11) is 0. The molecule has 0 spiro atoms. The molecule has 1 N–H and O–H groups in total. The van der Waals surface area contributed by atoms with Crippen LogP contribution in [0.3, 0.4) is 0 Å². The summed E-state index contributed by atoms with van der Waals surface area (Å²) in [5.74, 6) is 0. The van der Waals surface area contributed by atoms with Gasteiger partial charge in [0.1, 0.15) is 0 Å². The first kappa shape index (κ1) is 7.38. The predicted molar refractivity (Wildman–Crippen MR) is 55.4 cm³/mol. The van der Waals surface area contributed by atoms with Gasteiger partial charge in [0.15, 0.2) is 0 Å². The van der Waals surface area contributed by atoms with Crippen molar-refractivity contribution in [1.82, 2.24) is 14.5 Å². The first-order valence-electron chi connectivity index (χ1n) is 4.49. The topological polar surface area (TPSA) is 33.6 Å². The largest absolute Gasteiger partial charge is 0.361 e. The maximum Gasteiger partial charge on any atom is 0.0991 e. The Labute approximate surface area is 81.0 Å². The van der Waals surface area contributed by atoms with Gasteiger partial charge in [0.25, 0.3) is 0 Å². The number of aromatic amines is 1. The van der Waals surface area contributed by atoms with Gasteiger partial charge in [-0.2, -0.15) is 0 Å².